The molecule has 104 valence electrons. The van der Waals surface area contributed by atoms with Crippen molar-refractivity contribution in [2.75, 3.05) is 6.61 Å². The van der Waals surface area contributed by atoms with Gasteiger partial charge in [-0.05, 0) is 24.3 Å². The van der Waals surface area contributed by atoms with Crippen LogP contribution < -0.4 is 5.32 Å². The lowest BCUT2D eigenvalue weighted by Crippen LogP contribution is -2.37. The van der Waals surface area contributed by atoms with Crippen molar-refractivity contribution in [3.63, 3.8) is 0 Å². The summed E-state index contributed by atoms with van der Waals surface area (Å²) < 4.78 is 0. The van der Waals surface area contributed by atoms with Crippen molar-refractivity contribution < 1.29 is 9.90 Å². The Morgan fingerprint density at radius 2 is 2.16 bits per heavy atom. The Kier molecular flexibility index (Phi) is 6.61. The number of carbonyl (C=O) groups is 1. The van der Waals surface area contributed by atoms with E-state index in [-0.39, 0.29) is 18.6 Å². The fraction of sp³-hybridized carbons (Fsp3) is 0.533. The molecule has 1 aromatic rings. The van der Waals surface area contributed by atoms with Gasteiger partial charge in [0.25, 0.3) is 5.91 Å². The van der Waals surface area contributed by atoms with Gasteiger partial charge in [0.05, 0.1) is 0 Å². The highest BCUT2D eigenvalue weighted by atomic mass is 32.1. The van der Waals surface area contributed by atoms with E-state index in [1.807, 2.05) is 18.4 Å². The number of hydrogen-bond donors (Lipinski definition) is 2. The molecule has 0 aliphatic carbocycles. The van der Waals surface area contributed by atoms with E-state index in [9.17, 15) is 4.79 Å². The number of nitrogens with one attached hydrogen (secondary N) is 1. The van der Waals surface area contributed by atoms with Gasteiger partial charge in [-0.25, -0.2) is 0 Å². The van der Waals surface area contributed by atoms with Crippen molar-refractivity contribution >= 4 is 17.2 Å². The number of aliphatic hydroxyl groups excluding tert-OH is 1. The zero-order valence-electron chi connectivity index (χ0n) is 11.7. The molecule has 2 N–H and O–H groups in total. The predicted molar refractivity (Wildman–Crippen MR) is 79.3 cm³/mol. The minimum atomic E-state index is -0.193. The van der Waals surface area contributed by atoms with Crippen LogP contribution in [0.2, 0.25) is 0 Å². The monoisotopic (exact) mass is 279 g/mol. The van der Waals surface area contributed by atoms with Crippen LogP contribution in [0.15, 0.2) is 11.4 Å². The fourth-order valence-corrected chi connectivity index (χ4v) is 2.86. The van der Waals surface area contributed by atoms with Crippen molar-refractivity contribution in [2.45, 2.75) is 39.7 Å². The number of amides is 1. The highest BCUT2D eigenvalue weighted by Gasteiger charge is 2.18. The van der Waals surface area contributed by atoms with E-state index in [0.29, 0.717) is 16.4 Å². The molecular formula is C15H21NO2S. The van der Waals surface area contributed by atoms with Crippen LogP contribution in [-0.2, 0) is 0 Å². The zero-order chi connectivity index (χ0) is 14.3. The molecule has 0 aliphatic rings. The molecule has 1 amide bonds. The third-order valence-corrected chi connectivity index (χ3v) is 4.20. The average Bonchev–Trinajstić information content (AvgIpc) is 2.86. The highest BCUT2D eigenvalue weighted by molar-refractivity contribution is 7.12. The summed E-state index contributed by atoms with van der Waals surface area (Å²) in [6.07, 6.45) is 2.11. The molecule has 4 heteroatoms. The summed E-state index contributed by atoms with van der Waals surface area (Å²) in [6, 6.07) is 1.97. The summed E-state index contributed by atoms with van der Waals surface area (Å²) in [4.78, 5) is 12.8. The van der Waals surface area contributed by atoms with Crippen molar-refractivity contribution in [1.82, 2.24) is 5.32 Å². The van der Waals surface area contributed by atoms with Crippen molar-refractivity contribution in [2.24, 2.45) is 5.92 Å². The molecule has 1 atom stereocenters. The van der Waals surface area contributed by atoms with Crippen LogP contribution >= 0.6 is 11.3 Å². The molecule has 1 rings (SSSR count). The van der Waals surface area contributed by atoms with Crippen LogP contribution in [0.4, 0.5) is 0 Å². The Hall–Kier alpha value is -1.31. The fourth-order valence-electron chi connectivity index (χ4n) is 2.10. The van der Waals surface area contributed by atoms with Crippen molar-refractivity contribution in [3.05, 3.63) is 21.9 Å². The molecule has 0 fully saturated rings. The number of rotatable bonds is 5. The predicted octanol–water partition coefficient (Wildman–Crippen LogP) is 2.65. The summed E-state index contributed by atoms with van der Waals surface area (Å²) in [5.41, 5.74) is 0.688. The summed E-state index contributed by atoms with van der Waals surface area (Å²) in [7, 11) is 0. The lowest BCUT2D eigenvalue weighted by Gasteiger charge is -2.22. The molecule has 19 heavy (non-hydrogen) atoms. The summed E-state index contributed by atoms with van der Waals surface area (Å²) >= 11 is 1.38. The van der Waals surface area contributed by atoms with Gasteiger partial charge in [0.2, 0.25) is 0 Å². The van der Waals surface area contributed by atoms with Gasteiger partial charge >= 0.3 is 0 Å². The average molecular weight is 279 g/mol. The first kappa shape index (κ1) is 15.7. The van der Waals surface area contributed by atoms with Crippen LogP contribution in [0.3, 0.4) is 0 Å². The van der Waals surface area contributed by atoms with Crippen LogP contribution in [-0.4, -0.2) is 23.7 Å². The smallest absolute Gasteiger partial charge is 0.262 e. The maximum atomic E-state index is 12.2. The summed E-state index contributed by atoms with van der Waals surface area (Å²) in [6.45, 7) is 6.13. The molecule has 1 aromatic heterocycles. The van der Waals surface area contributed by atoms with Crippen molar-refractivity contribution in [3.8, 4) is 11.8 Å². The molecular weight excluding hydrogens is 258 g/mol. The number of carbonyl (C=O) groups excluding carboxylic acids is 1. The van der Waals surface area contributed by atoms with Gasteiger partial charge in [-0.15, -0.1) is 11.3 Å². The molecule has 0 saturated carbocycles. The Morgan fingerprint density at radius 3 is 2.74 bits per heavy atom. The van der Waals surface area contributed by atoms with E-state index in [4.69, 9.17) is 5.11 Å². The summed E-state index contributed by atoms with van der Waals surface area (Å²) in [5, 5.41) is 13.6. The Balaban J connectivity index is 2.76. The maximum Gasteiger partial charge on any atom is 0.262 e. The van der Waals surface area contributed by atoms with Gasteiger partial charge in [0.15, 0.2) is 0 Å². The van der Waals surface area contributed by atoms with Gasteiger partial charge in [-0.2, -0.15) is 0 Å². The molecule has 1 heterocycles. The molecule has 0 bridgehead atoms. The minimum Gasteiger partial charge on any atom is -0.384 e. The number of hydrogen-bond acceptors (Lipinski definition) is 3. The summed E-state index contributed by atoms with van der Waals surface area (Å²) in [5.74, 6) is 5.80. The minimum absolute atomic E-state index is 0.0726. The largest absolute Gasteiger partial charge is 0.384 e. The van der Waals surface area contributed by atoms with Gasteiger partial charge in [0, 0.05) is 11.6 Å². The second-order valence-corrected chi connectivity index (χ2v) is 5.38. The van der Waals surface area contributed by atoms with E-state index in [1.165, 1.54) is 11.3 Å². The normalized spacial score (nSPS) is 11.8. The van der Waals surface area contributed by atoms with E-state index in [2.05, 4.69) is 31.0 Å². The van der Waals surface area contributed by atoms with Crippen molar-refractivity contribution in [1.29, 1.82) is 0 Å². The third kappa shape index (κ3) is 4.38. The van der Waals surface area contributed by atoms with Gasteiger partial charge in [-0.1, -0.05) is 38.5 Å². The lowest BCUT2D eigenvalue weighted by molar-refractivity contribution is 0.0929. The first-order valence-electron chi connectivity index (χ1n) is 6.62. The SMILES string of the molecule is CCC(CC)C(C)NC(=O)c1sccc1C#CCO. The van der Waals surface area contributed by atoms with E-state index in [0.717, 1.165) is 12.8 Å². The second-order valence-electron chi connectivity index (χ2n) is 4.46. The van der Waals surface area contributed by atoms with Crippen LogP contribution in [0.5, 0.6) is 0 Å². The zero-order valence-corrected chi connectivity index (χ0v) is 12.5. The van der Waals surface area contributed by atoms with Crippen LogP contribution in [0.1, 0.15) is 48.8 Å². The molecule has 0 saturated heterocycles. The molecule has 0 spiro atoms. The topological polar surface area (TPSA) is 49.3 Å². The first-order chi connectivity index (χ1) is 9.13. The van der Waals surface area contributed by atoms with Gasteiger partial charge in [-0.3, -0.25) is 4.79 Å². The lowest BCUT2D eigenvalue weighted by atomic mass is 9.95. The third-order valence-electron chi connectivity index (χ3n) is 3.29. The second kappa shape index (κ2) is 7.98. The number of thiophene rings is 1. The van der Waals surface area contributed by atoms with E-state index < -0.39 is 0 Å². The van der Waals surface area contributed by atoms with Gasteiger partial charge in [0.1, 0.15) is 11.5 Å². The molecule has 1 unspecified atom stereocenters. The Bertz CT molecular complexity index is 466. The van der Waals surface area contributed by atoms with Crippen LogP contribution in [0.25, 0.3) is 0 Å². The van der Waals surface area contributed by atoms with Gasteiger partial charge < -0.3 is 10.4 Å². The number of aliphatic hydroxyl groups is 1. The van der Waals surface area contributed by atoms with E-state index in [1.54, 1.807) is 0 Å². The molecule has 0 aromatic carbocycles. The Labute approximate surface area is 119 Å². The van der Waals surface area contributed by atoms with E-state index >= 15 is 0 Å². The molecule has 0 aliphatic heterocycles. The highest BCUT2D eigenvalue weighted by Crippen LogP contribution is 2.18. The Morgan fingerprint density at radius 1 is 1.47 bits per heavy atom. The first-order valence-corrected chi connectivity index (χ1v) is 7.50. The van der Waals surface area contributed by atoms with Crippen LogP contribution in [0, 0.1) is 17.8 Å². The molecule has 0 radical (unpaired) electrons. The quantitative estimate of drug-likeness (QED) is 0.814. The maximum absolute atomic E-state index is 12.2. The standard InChI is InChI=1S/C15H21NO2S/c1-4-12(5-2)11(3)16-15(18)14-13(7-6-9-17)8-10-19-14/h8,10-12,17H,4-5,9H2,1-3H3,(H,16,18). The molecule has 3 nitrogen and oxygen atoms in total.